The highest BCUT2D eigenvalue weighted by atomic mass is 16.6. The number of ether oxygens (including phenoxy) is 3. The third-order valence-corrected chi connectivity index (χ3v) is 13.6. The maximum Gasteiger partial charge on any atom is 0.306 e. The fraction of sp³-hybridized carbons (Fsp3) is 0.857. The lowest BCUT2D eigenvalue weighted by molar-refractivity contribution is -0.167. The van der Waals surface area contributed by atoms with Crippen LogP contribution in [-0.2, 0) is 28.6 Å². The van der Waals surface area contributed by atoms with Crippen molar-refractivity contribution in [3.63, 3.8) is 0 Å². The lowest BCUT2D eigenvalue weighted by Gasteiger charge is -2.18. The molecule has 0 saturated carbocycles. The van der Waals surface area contributed by atoms with Gasteiger partial charge >= 0.3 is 17.9 Å². The van der Waals surface area contributed by atoms with E-state index >= 15 is 0 Å². The molecule has 404 valence electrons. The van der Waals surface area contributed by atoms with Gasteiger partial charge in [-0.25, -0.2) is 0 Å². The highest BCUT2D eigenvalue weighted by Crippen LogP contribution is 2.17. The fourth-order valence-corrected chi connectivity index (χ4v) is 9.01. The van der Waals surface area contributed by atoms with Crippen LogP contribution in [0.5, 0.6) is 0 Å². The van der Waals surface area contributed by atoms with E-state index < -0.39 is 6.10 Å². The minimum absolute atomic E-state index is 0.0748. The topological polar surface area (TPSA) is 78.9 Å². The highest BCUT2D eigenvalue weighted by Gasteiger charge is 2.19. The summed E-state index contributed by atoms with van der Waals surface area (Å²) in [4.78, 5) is 37.7. The second kappa shape index (κ2) is 58.2. The van der Waals surface area contributed by atoms with Gasteiger partial charge in [0.25, 0.3) is 0 Å². The second-order valence-corrected chi connectivity index (χ2v) is 20.6. The molecule has 6 nitrogen and oxygen atoms in total. The Kier molecular flexibility index (Phi) is 56.2. The molecular weight excluding hydrogens is 853 g/mol. The van der Waals surface area contributed by atoms with Crippen molar-refractivity contribution in [3.8, 4) is 0 Å². The summed E-state index contributed by atoms with van der Waals surface area (Å²) in [6, 6.07) is 0. The summed E-state index contributed by atoms with van der Waals surface area (Å²) in [6.07, 6.45) is 70.8. The summed E-state index contributed by atoms with van der Waals surface area (Å²) in [5.74, 6) is -0.890. The minimum atomic E-state index is -0.772. The third kappa shape index (κ3) is 56.4. The van der Waals surface area contributed by atoms with Gasteiger partial charge in [-0.2, -0.15) is 0 Å². The molecular formula is C63H116O6. The Morgan fingerprint density at radius 3 is 0.870 bits per heavy atom. The number of hydrogen-bond donors (Lipinski definition) is 0. The van der Waals surface area contributed by atoms with E-state index in [0.717, 1.165) is 96.3 Å². The van der Waals surface area contributed by atoms with E-state index in [-0.39, 0.29) is 31.1 Å². The normalized spacial score (nSPS) is 12.2. The molecule has 6 heteroatoms. The van der Waals surface area contributed by atoms with E-state index in [9.17, 15) is 14.4 Å². The maximum absolute atomic E-state index is 12.7. The quantitative estimate of drug-likeness (QED) is 0.0261. The fourth-order valence-electron chi connectivity index (χ4n) is 9.01. The van der Waals surface area contributed by atoms with E-state index in [2.05, 4.69) is 57.2 Å². The number of allylic oxidation sites excluding steroid dienone is 6. The Hall–Kier alpha value is -2.37. The predicted octanol–water partition coefficient (Wildman–Crippen LogP) is 20.4. The molecule has 0 N–H and O–H groups in total. The van der Waals surface area contributed by atoms with Crippen LogP contribution in [0.25, 0.3) is 0 Å². The van der Waals surface area contributed by atoms with E-state index in [1.807, 2.05) is 0 Å². The van der Waals surface area contributed by atoms with E-state index in [1.165, 1.54) is 193 Å². The van der Waals surface area contributed by atoms with Crippen molar-refractivity contribution in [1.82, 2.24) is 0 Å². The number of carbonyl (C=O) groups excluding carboxylic acids is 3. The van der Waals surface area contributed by atoms with Crippen LogP contribution >= 0.6 is 0 Å². The molecule has 0 heterocycles. The number of carbonyl (C=O) groups is 3. The Labute approximate surface area is 429 Å². The van der Waals surface area contributed by atoms with E-state index in [1.54, 1.807) is 0 Å². The molecule has 0 spiro atoms. The number of unbranched alkanes of at least 4 members (excludes halogenated alkanes) is 39. The molecule has 0 aromatic rings. The van der Waals surface area contributed by atoms with Crippen LogP contribution in [0.15, 0.2) is 36.5 Å². The van der Waals surface area contributed by atoms with Gasteiger partial charge < -0.3 is 14.2 Å². The van der Waals surface area contributed by atoms with E-state index in [0.29, 0.717) is 19.3 Å². The van der Waals surface area contributed by atoms with Crippen LogP contribution in [0.4, 0.5) is 0 Å². The SMILES string of the molecule is CCC/C=C\C/C=C\CCCCCCCC(=O)OC(COC(=O)CCCCCCC)COC(=O)CCCCCCCCCCCCCCCCCCCCCCC/C=C\CCCCCCCCCC. The molecule has 1 atom stereocenters. The van der Waals surface area contributed by atoms with Gasteiger partial charge in [-0.3, -0.25) is 14.4 Å². The summed E-state index contributed by atoms with van der Waals surface area (Å²) >= 11 is 0. The average molecular weight is 970 g/mol. The maximum atomic E-state index is 12.7. The molecule has 1 unspecified atom stereocenters. The van der Waals surface area contributed by atoms with Gasteiger partial charge in [0, 0.05) is 19.3 Å². The molecule has 0 aliphatic carbocycles. The zero-order chi connectivity index (χ0) is 50.0. The van der Waals surface area contributed by atoms with Gasteiger partial charge in [0.1, 0.15) is 13.2 Å². The largest absolute Gasteiger partial charge is 0.462 e. The Morgan fingerprint density at radius 1 is 0.290 bits per heavy atom. The van der Waals surface area contributed by atoms with Crippen molar-refractivity contribution in [3.05, 3.63) is 36.5 Å². The van der Waals surface area contributed by atoms with Crippen molar-refractivity contribution in [2.45, 2.75) is 335 Å². The lowest BCUT2D eigenvalue weighted by atomic mass is 10.0. The van der Waals surface area contributed by atoms with Gasteiger partial charge in [0.2, 0.25) is 0 Å². The average Bonchev–Trinajstić information content (AvgIpc) is 3.35. The van der Waals surface area contributed by atoms with Crippen molar-refractivity contribution in [1.29, 1.82) is 0 Å². The molecule has 0 radical (unpaired) electrons. The van der Waals surface area contributed by atoms with Crippen molar-refractivity contribution >= 4 is 17.9 Å². The number of hydrogen-bond acceptors (Lipinski definition) is 6. The smallest absolute Gasteiger partial charge is 0.306 e. The summed E-state index contributed by atoms with van der Waals surface area (Å²) in [6.45, 7) is 6.51. The zero-order valence-corrected chi connectivity index (χ0v) is 46.3. The van der Waals surface area contributed by atoms with Crippen molar-refractivity contribution in [2.24, 2.45) is 0 Å². The zero-order valence-electron chi connectivity index (χ0n) is 46.3. The Bertz CT molecular complexity index is 1160. The number of rotatable bonds is 56. The van der Waals surface area contributed by atoms with Gasteiger partial charge in [-0.15, -0.1) is 0 Å². The summed E-state index contributed by atoms with van der Waals surface area (Å²) in [7, 11) is 0. The molecule has 0 amide bonds. The first kappa shape index (κ1) is 66.6. The van der Waals surface area contributed by atoms with Gasteiger partial charge in [0.15, 0.2) is 6.10 Å². The highest BCUT2D eigenvalue weighted by molar-refractivity contribution is 5.71. The molecule has 0 rings (SSSR count). The predicted molar refractivity (Wildman–Crippen MR) is 298 cm³/mol. The third-order valence-electron chi connectivity index (χ3n) is 13.6. The van der Waals surface area contributed by atoms with Gasteiger partial charge in [-0.1, -0.05) is 276 Å². The summed E-state index contributed by atoms with van der Waals surface area (Å²) < 4.78 is 16.7. The van der Waals surface area contributed by atoms with Crippen LogP contribution in [0.2, 0.25) is 0 Å². The molecule has 0 aromatic heterocycles. The summed E-state index contributed by atoms with van der Waals surface area (Å²) in [5, 5.41) is 0. The molecule has 0 bridgehead atoms. The summed E-state index contributed by atoms with van der Waals surface area (Å²) in [5.41, 5.74) is 0. The Morgan fingerprint density at radius 2 is 0.551 bits per heavy atom. The molecule has 0 saturated heterocycles. The monoisotopic (exact) mass is 969 g/mol. The molecule has 0 aliphatic rings. The Balaban J connectivity index is 3.85. The van der Waals surface area contributed by atoms with Crippen LogP contribution in [0, 0.1) is 0 Å². The molecule has 69 heavy (non-hydrogen) atoms. The second-order valence-electron chi connectivity index (χ2n) is 20.6. The standard InChI is InChI=1S/C63H116O6/c1-4-7-10-13-15-17-19-21-22-23-24-25-26-27-28-29-30-31-32-33-34-35-36-37-38-39-40-42-43-45-47-50-53-56-62(65)68-59-60(58-67-61(64)55-52-49-12-9-6-3)69-63(66)57-54-51-48-46-44-41-20-18-16-14-11-8-5-2/h11,14,18,20,23-24,60H,4-10,12-13,15-17,19,21-22,25-59H2,1-3H3/b14-11-,20-18-,24-23-. The van der Waals surface area contributed by atoms with Crippen LogP contribution in [0.3, 0.4) is 0 Å². The van der Waals surface area contributed by atoms with Gasteiger partial charge in [0.05, 0.1) is 0 Å². The first-order chi connectivity index (χ1) is 34.0. The van der Waals surface area contributed by atoms with E-state index in [4.69, 9.17) is 14.2 Å². The minimum Gasteiger partial charge on any atom is -0.462 e. The first-order valence-corrected chi connectivity index (χ1v) is 30.5. The number of esters is 3. The van der Waals surface area contributed by atoms with Crippen LogP contribution < -0.4 is 0 Å². The van der Waals surface area contributed by atoms with Crippen LogP contribution in [0.1, 0.15) is 329 Å². The van der Waals surface area contributed by atoms with Gasteiger partial charge in [-0.05, 0) is 70.6 Å². The molecule has 0 fully saturated rings. The first-order valence-electron chi connectivity index (χ1n) is 30.5. The van der Waals surface area contributed by atoms with Crippen molar-refractivity contribution < 1.29 is 28.6 Å². The molecule has 0 aromatic carbocycles. The van der Waals surface area contributed by atoms with Crippen LogP contribution in [-0.4, -0.2) is 37.2 Å². The molecule has 0 aliphatic heterocycles. The van der Waals surface area contributed by atoms with Crippen molar-refractivity contribution in [2.75, 3.05) is 13.2 Å². The lowest BCUT2D eigenvalue weighted by Crippen LogP contribution is -2.30.